The third-order valence-corrected chi connectivity index (χ3v) is 3.67. The van der Waals surface area contributed by atoms with E-state index in [1.54, 1.807) is 0 Å². The van der Waals surface area contributed by atoms with Crippen LogP contribution in [0.1, 0.15) is 5.56 Å². The fourth-order valence-corrected chi connectivity index (χ4v) is 2.24. The van der Waals surface area contributed by atoms with Crippen molar-refractivity contribution < 1.29 is 9.59 Å². The first-order chi connectivity index (χ1) is 12.1. The van der Waals surface area contributed by atoms with Gasteiger partial charge in [-0.2, -0.15) is 0 Å². The van der Waals surface area contributed by atoms with Crippen LogP contribution in [0.15, 0.2) is 60.7 Å². The molecule has 132 valence electrons. The van der Waals surface area contributed by atoms with Crippen molar-refractivity contribution in [2.45, 2.75) is 6.54 Å². The van der Waals surface area contributed by atoms with Crippen LogP contribution >= 0.6 is 0 Å². The number of hydrogen-bond acceptors (Lipinski definition) is 3. The van der Waals surface area contributed by atoms with E-state index < -0.39 is 0 Å². The number of rotatable bonds is 8. The van der Waals surface area contributed by atoms with Gasteiger partial charge in [-0.1, -0.05) is 48.5 Å². The maximum atomic E-state index is 11.8. The molecule has 0 aliphatic heterocycles. The summed E-state index contributed by atoms with van der Waals surface area (Å²) in [6.07, 6.45) is 0. The van der Waals surface area contributed by atoms with Crippen molar-refractivity contribution in [1.29, 1.82) is 0 Å². The van der Waals surface area contributed by atoms with E-state index in [9.17, 15) is 9.59 Å². The van der Waals surface area contributed by atoms with Crippen molar-refractivity contribution >= 4 is 17.6 Å². The average molecular weight is 340 g/mol. The Hall–Kier alpha value is -3.02. The Kier molecular flexibility index (Phi) is 7.31. The van der Waals surface area contributed by atoms with E-state index in [0.29, 0.717) is 19.6 Å². The van der Waals surface area contributed by atoms with Gasteiger partial charge in [-0.05, 0) is 17.7 Å². The van der Waals surface area contributed by atoms with Gasteiger partial charge in [0.15, 0.2) is 0 Å². The van der Waals surface area contributed by atoms with Crippen LogP contribution in [-0.4, -0.2) is 38.6 Å². The lowest BCUT2D eigenvalue weighted by Gasteiger charge is -2.19. The molecule has 3 N–H and O–H groups in total. The number of carbonyl (C=O) groups excluding carboxylic acids is 2. The molecule has 3 amide bonds. The molecule has 2 aromatic rings. The lowest BCUT2D eigenvalue weighted by Crippen LogP contribution is -2.43. The summed E-state index contributed by atoms with van der Waals surface area (Å²) < 4.78 is 0. The molecule has 0 spiro atoms. The Morgan fingerprint density at radius 1 is 0.880 bits per heavy atom. The Morgan fingerprint density at radius 2 is 1.52 bits per heavy atom. The van der Waals surface area contributed by atoms with E-state index >= 15 is 0 Å². The first-order valence-electron chi connectivity index (χ1n) is 8.23. The van der Waals surface area contributed by atoms with Gasteiger partial charge < -0.3 is 20.9 Å². The molecule has 0 unspecified atom stereocenters. The Bertz CT molecular complexity index is 662. The summed E-state index contributed by atoms with van der Waals surface area (Å²) >= 11 is 0. The predicted molar refractivity (Wildman–Crippen MR) is 99.4 cm³/mol. The molecule has 2 aromatic carbocycles. The molecule has 2 rings (SSSR count). The number of hydrogen-bond donors (Lipinski definition) is 3. The normalized spacial score (nSPS) is 9.96. The van der Waals surface area contributed by atoms with Crippen LogP contribution < -0.4 is 20.9 Å². The van der Waals surface area contributed by atoms with E-state index in [4.69, 9.17) is 0 Å². The molecule has 0 heterocycles. The van der Waals surface area contributed by atoms with Crippen LogP contribution in [0.4, 0.5) is 10.5 Å². The highest BCUT2D eigenvalue weighted by Gasteiger charge is 2.05. The number of nitrogens with one attached hydrogen (secondary N) is 3. The number of benzene rings is 2. The zero-order chi connectivity index (χ0) is 17.9. The van der Waals surface area contributed by atoms with Crippen LogP contribution in [0.5, 0.6) is 0 Å². The Labute approximate surface area is 148 Å². The topological polar surface area (TPSA) is 73.5 Å². The Balaban J connectivity index is 1.58. The van der Waals surface area contributed by atoms with Crippen molar-refractivity contribution in [3.63, 3.8) is 0 Å². The number of para-hydroxylation sites is 1. The molecule has 0 radical (unpaired) electrons. The SMILES string of the molecule is CN(CCNC(=O)CNC(=O)NCc1ccccc1)c1ccccc1. The van der Waals surface area contributed by atoms with Gasteiger partial charge in [0.05, 0.1) is 6.54 Å². The molecular formula is C19H24N4O2. The van der Waals surface area contributed by atoms with Crippen LogP contribution in [0.3, 0.4) is 0 Å². The highest BCUT2D eigenvalue weighted by Crippen LogP contribution is 2.09. The number of carbonyl (C=O) groups is 2. The fourth-order valence-electron chi connectivity index (χ4n) is 2.24. The van der Waals surface area contributed by atoms with E-state index in [1.807, 2.05) is 67.7 Å². The third kappa shape index (κ3) is 6.95. The van der Waals surface area contributed by atoms with Gasteiger partial charge in [0.1, 0.15) is 0 Å². The second kappa shape index (κ2) is 9.97. The summed E-state index contributed by atoms with van der Waals surface area (Å²) in [7, 11) is 1.97. The summed E-state index contributed by atoms with van der Waals surface area (Å²) in [5, 5.41) is 8.05. The van der Waals surface area contributed by atoms with E-state index in [0.717, 1.165) is 11.3 Å². The number of likely N-dealkylation sites (N-methyl/N-ethyl adjacent to an activating group) is 1. The zero-order valence-corrected chi connectivity index (χ0v) is 14.4. The van der Waals surface area contributed by atoms with Gasteiger partial charge in [0, 0.05) is 32.4 Å². The lowest BCUT2D eigenvalue weighted by atomic mass is 10.2. The molecule has 6 nitrogen and oxygen atoms in total. The lowest BCUT2D eigenvalue weighted by molar-refractivity contribution is -0.120. The van der Waals surface area contributed by atoms with Gasteiger partial charge in [0.2, 0.25) is 5.91 Å². The number of urea groups is 1. The summed E-state index contributed by atoms with van der Waals surface area (Å²) in [6.45, 7) is 1.58. The van der Waals surface area contributed by atoms with E-state index in [2.05, 4.69) is 20.9 Å². The van der Waals surface area contributed by atoms with Crippen LogP contribution in [0.25, 0.3) is 0 Å². The molecule has 0 saturated carbocycles. The first kappa shape index (κ1) is 18.3. The Morgan fingerprint density at radius 3 is 2.20 bits per heavy atom. The van der Waals surface area contributed by atoms with Crippen LogP contribution in [-0.2, 0) is 11.3 Å². The predicted octanol–water partition coefficient (Wildman–Crippen LogP) is 1.74. The third-order valence-electron chi connectivity index (χ3n) is 3.67. The second-order valence-electron chi connectivity index (χ2n) is 5.63. The number of nitrogens with zero attached hydrogens (tertiary/aromatic N) is 1. The van der Waals surface area contributed by atoms with E-state index in [-0.39, 0.29) is 18.5 Å². The standard InChI is InChI=1S/C19H24N4O2/c1-23(17-10-6-3-7-11-17)13-12-20-18(24)15-22-19(25)21-14-16-8-4-2-5-9-16/h2-11H,12-15H2,1H3,(H,20,24)(H2,21,22,25). The smallest absolute Gasteiger partial charge is 0.315 e. The molecule has 0 atom stereocenters. The molecule has 6 heteroatoms. The van der Waals surface area contributed by atoms with Crippen LogP contribution in [0, 0.1) is 0 Å². The van der Waals surface area contributed by atoms with Gasteiger partial charge in [-0.3, -0.25) is 4.79 Å². The highest BCUT2D eigenvalue weighted by molar-refractivity contribution is 5.83. The minimum Gasteiger partial charge on any atom is -0.373 e. The summed E-state index contributed by atoms with van der Waals surface area (Å²) in [4.78, 5) is 25.5. The largest absolute Gasteiger partial charge is 0.373 e. The molecule has 0 aliphatic carbocycles. The summed E-state index contributed by atoms with van der Waals surface area (Å²) in [6, 6.07) is 19.2. The second-order valence-corrected chi connectivity index (χ2v) is 5.63. The van der Waals surface area contributed by atoms with Crippen LogP contribution in [0.2, 0.25) is 0 Å². The molecule has 0 bridgehead atoms. The van der Waals surface area contributed by atoms with Crippen molar-refractivity contribution in [3.05, 3.63) is 66.2 Å². The highest BCUT2D eigenvalue weighted by atomic mass is 16.2. The zero-order valence-electron chi connectivity index (χ0n) is 14.4. The van der Waals surface area contributed by atoms with Gasteiger partial charge in [-0.25, -0.2) is 4.79 Å². The maximum Gasteiger partial charge on any atom is 0.315 e. The molecule has 0 fully saturated rings. The van der Waals surface area contributed by atoms with Gasteiger partial charge in [-0.15, -0.1) is 0 Å². The van der Waals surface area contributed by atoms with Crippen molar-refractivity contribution in [2.75, 3.05) is 31.6 Å². The monoisotopic (exact) mass is 340 g/mol. The fraction of sp³-hybridized carbons (Fsp3) is 0.263. The molecule has 0 aromatic heterocycles. The van der Waals surface area contributed by atoms with Gasteiger partial charge in [0.25, 0.3) is 0 Å². The van der Waals surface area contributed by atoms with Crippen molar-refractivity contribution in [2.24, 2.45) is 0 Å². The average Bonchev–Trinajstić information content (AvgIpc) is 2.66. The molecule has 0 aliphatic rings. The minimum absolute atomic E-state index is 0.0460. The quantitative estimate of drug-likeness (QED) is 0.685. The number of anilines is 1. The van der Waals surface area contributed by atoms with Crippen molar-refractivity contribution in [3.8, 4) is 0 Å². The van der Waals surface area contributed by atoms with Gasteiger partial charge >= 0.3 is 6.03 Å². The summed E-state index contributed by atoms with van der Waals surface area (Å²) in [5.74, 6) is -0.212. The molecule has 25 heavy (non-hydrogen) atoms. The molecular weight excluding hydrogens is 316 g/mol. The number of amides is 3. The molecule has 0 saturated heterocycles. The summed E-state index contributed by atoms with van der Waals surface area (Å²) in [5.41, 5.74) is 2.10. The first-order valence-corrected chi connectivity index (χ1v) is 8.23. The maximum absolute atomic E-state index is 11.8. The van der Waals surface area contributed by atoms with E-state index in [1.165, 1.54) is 0 Å². The van der Waals surface area contributed by atoms with Crippen molar-refractivity contribution in [1.82, 2.24) is 16.0 Å². The minimum atomic E-state index is -0.361.